The Morgan fingerprint density at radius 3 is 2.29 bits per heavy atom. The van der Waals surface area contributed by atoms with Crippen molar-refractivity contribution in [1.29, 1.82) is 0 Å². The maximum atomic E-state index is 11.0. The third-order valence-electron chi connectivity index (χ3n) is 2.24. The number of benzene rings is 1. The van der Waals surface area contributed by atoms with Crippen molar-refractivity contribution in [2.45, 2.75) is 13.8 Å². The molecule has 0 bridgehead atoms. The second-order valence-corrected chi connectivity index (χ2v) is 3.58. The van der Waals surface area contributed by atoms with Gasteiger partial charge in [0.25, 0.3) is 0 Å². The molecule has 0 aliphatic heterocycles. The lowest BCUT2D eigenvalue weighted by Crippen LogP contribution is -2.01. The minimum Gasteiger partial charge on any atom is -0.490 e. The van der Waals surface area contributed by atoms with E-state index in [1.165, 1.54) is 19.9 Å². The molecule has 0 atom stereocenters. The number of carbonyl (C=O) groups is 2. The smallest absolute Gasteiger partial charge is 0.331 e. The van der Waals surface area contributed by atoms with Gasteiger partial charge < -0.3 is 9.84 Å². The third kappa shape index (κ3) is 4.10. The molecule has 4 heteroatoms. The number of carbonyl (C=O) groups excluding carboxylic acids is 1. The van der Waals surface area contributed by atoms with Crippen molar-refractivity contribution in [1.82, 2.24) is 0 Å². The molecule has 0 unspecified atom stereocenters. The van der Waals surface area contributed by atoms with E-state index in [2.05, 4.69) is 0 Å². The molecule has 0 saturated heterocycles. The van der Waals surface area contributed by atoms with Crippen LogP contribution in [0.4, 0.5) is 0 Å². The van der Waals surface area contributed by atoms with Crippen LogP contribution in [0.2, 0.25) is 0 Å². The number of ketones is 1. The van der Waals surface area contributed by atoms with E-state index >= 15 is 0 Å². The predicted molar refractivity (Wildman–Crippen MR) is 63.3 cm³/mol. The van der Waals surface area contributed by atoms with Crippen molar-refractivity contribution >= 4 is 11.8 Å². The first-order chi connectivity index (χ1) is 8.00. The fourth-order valence-electron chi connectivity index (χ4n) is 1.14. The first kappa shape index (κ1) is 13.0. The first-order valence-corrected chi connectivity index (χ1v) is 5.14. The van der Waals surface area contributed by atoms with Gasteiger partial charge in [-0.1, -0.05) is 0 Å². The zero-order valence-electron chi connectivity index (χ0n) is 9.77. The molecule has 4 nitrogen and oxygen atoms in total. The molecule has 1 aromatic rings. The van der Waals surface area contributed by atoms with Gasteiger partial charge in [0.2, 0.25) is 0 Å². The Bertz CT molecular complexity index is 443. The van der Waals surface area contributed by atoms with Crippen LogP contribution in [0.3, 0.4) is 0 Å². The largest absolute Gasteiger partial charge is 0.490 e. The van der Waals surface area contributed by atoms with Gasteiger partial charge >= 0.3 is 5.97 Å². The monoisotopic (exact) mass is 234 g/mol. The number of hydrogen-bond donors (Lipinski definition) is 1. The van der Waals surface area contributed by atoms with Crippen molar-refractivity contribution < 1.29 is 19.4 Å². The molecule has 0 radical (unpaired) electrons. The van der Waals surface area contributed by atoms with Crippen LogP contribution >= 0.6 is 0 Å². The van der Waals surface area contributed by atoms with E-state index in [4.69, 9.17) is 9.84 Å². The minimum absolute atomic E-state index is 0.00170. The van der Waals surface area contributed by atoms with Gasteiger partial charge in [-0.3, -0.25) is 4.79 Å². The zero-order valence-corrected chi connectivity index (χ0v) is 9.77. The number of carboxylic acid groups (broad SMARTS) is 1. The second kappa shape index (κ2) is 5.84. The molecule has 0 aliphatic rings. The van der Waals surface area contributed by atoms with E-state index in [0.717, 1.165) is 0 Å². The molecule has 17 heavy (non-hydrogen) atoms. The van der Waals surface area contributed by atoms with Crippen LogP contribution in [-0.4, -0.2) is 23.5 Å². The normalized spacial score (nSPS) is 11.1. The molecular weight excluding hydrogens is 220 g/mol. The maximum absolute atomic E-state index is 11.0. The Kier molecular flexibility index (Phi) is 4.46. The van der Waals surface area contributed by atoms with E-state index in [9.17, 15) is 9.59 Å². The van der Waals surface area contributed by atoms with Crippen LogP contribution in [-0.2, 0) is 4.79 Å². The Morgan fingerprint density at radius 2 is 1.82 bits per heavy atom. The van der Waals surface area contributed by atoms with Crippen LogP contribution in [0.1, 0.15) is 24.2 Å². The molecule has 1 aromatic carbocycles. The summed E-state index contributed by atoms with van der Waals surface area (Å²) in [7, 11) is 0. The quantitative estimate of drug-likeness (QED) is 0.627. The molecule has 0 spiro atoms. The summed E-state index contributed by atoms with van der Waals surface area (Å²) in [6, 6.07) is 6.71. The number of ether oxygens (including phenoxy) is 1. The lowest BCUT2D eigenvalue weighted by Gasteiger charge is -2.04. The van der Waals surface area contributed by atoms with Crippen LogP contribution in [0.5, 0.6) is 5.75 Å². The minimum atomic E-state index is -0.958. The highest BCUT2D eigenvalue weighted by molar-refractivity contribution is 5.94. The average Bonchev–Trinajstić information content (AvgIpc) is 2.29. The topological polar surface area (TPSA) is 63.6 Å². The summed E-state index contributed by atoms with van der Waals surface area (Å²) < 4.78 is 5.31. The van der Waals surface area contributed by atoms with Gasteiger partial charge in [0.05, 0.1) is 0 Å². The lowest BCUT2D eigenvalue weighted by molar-refractivity contribution is -0.132. The van der Waals surface area contributed by atoms with E-state index in [-0.39, 0.29) is 18.0 Å². The summed E-state index contributed by atoms with van der Waals surface area (Å²) in [5, 5.41) is 8.62. The fraction of sp³-hybridized carbons (Fsp3) is 0.231. The number of rotatable bonds is 5. The molecule has 1 N–H and O–H groups in total. The number of hydrogen-bond acceptors (Lipinski definition) is 3. The van der Waals surface area contributed by atoms with Crippen molar-refractivity contribution in [3.8, 4) is 5.75 Å². The van der Waals surface area contributed by atoms with Crippen molar-refractivity contribution in [2.75, 3.05) is 6.61 Å². The summed E-state index contributed by atoms with van der Waals surface area (Å²) in [5.41, 5.74) is 0.861. The summed E-state index contributed by atoms with van der Waals surface area (Å²) in [6.45, 7) is 3.19. The molecule has 0 heterocycles. The van der Waals surface area contributed by atoms with Gasteiger partial charge in [-0.25, -0.2) is 4.79 Å². The Labute approximate surface area is 99.5 Å². The van der Waals surface area contributed by atoms with Crippen LogP contribution < -0.4 is 4.74 Å². The summed E-state index contributed by atoms with van der Waals surface area (Å²) in [4.78, 5) is 21.5. The molecule has 1 rings (SSSR count). The standard InChI is InChI=1S/C13H14O4/c1-9(13(15)16)7-8-17-12-5-3-11(4-6-12)10(2)14/h3-7H,8H2,1-2H3,(H,15,16). The first-order valence-electron chi connectivity index (χ1n) is 5.14. The second-order valence-electron chi connectivity index (χ2n) is 3.58. The highest BCUT2D eigenvalue weighted by atomic mass is 16.5. The SMILES string of the molecule is CC(=O)c1ccc(OCC=C(C)C(=O)O)cc1. The van der Waals surface area contributed by atoms with Gasteiger partial charge in [-0.05, 0) is 44.2 Å². The third-order valence-corrected chi connectivity index (χ3v) is 2.24. The molecule has 0 fully saturated rings. The highest BCUT2D eigenvalue weighted by Crippen LogP contribution is 2.12. The maximum Gasteiger partial charge on any atom is 0.331 e. The van der Waals surface area contributed by atoms with Gasteiger partial charge in [0.15, 0.2) is 5.78 Å². The number of aliphatic carboxylic acids is 1. The van der Waals surface area contributed by atoms with Crippen molar-refractivity contribution in [2.24, 2.45) is 0 Å². The van der Waals surface area contributed by atoms with E-state index in [0.29, 0.717) is 11.3 Å². The molecule has 0 amide bonds. The highest BCUT2D eigenvalue weighted by Gasteiger charge is 2.00. The molecule has 0 saturated carbocycles. The van der Waals surface area contributed by atoms with E-state index < -0.39 is 5.97 Å². The average molecular weight is 234 g/mol. The van der Waals surface area contributed by atoms with Crippen LogP contribution in [0, 0.1) is 0 Å². The number of Topliss-reactive ketones (excluding diaryl/α,β-unsaturated/α-hetero) is 1. The van der Waals surface area contributed by atoms with Crippen LogP contribution in [0.25, 0.3) is 0 Å². The van der Waals surface area contributed by atoms with Gasteiger partial charge in [-0.15, -0.1) is 0 Å². The number of carboxylic acids is 1. The zero-order chi connectivity index (χ0) is 12.8. The van der Waals surface area contributed by atoms with E-state index in [1.807, 2.05) is 0 Å². The summed E-state index contributed by atoms with van der Waals surface area (Å²) in [6.07, 6.45) is 1.49. The molecule has 90 valence electrons. The molecule has 0 aliphatic carbocycles. The molecular formula is C13H14O4. The Balaban J connectivity index is 2.56. The fourth-order valence-corrected chi connectivity index (χ4v) is 1.14. The summed E-state index contributed by atoms with van der Waals surface area (Å²) >= 11 is 0. The van der Waals surface area contributed by atoms with Gasteiger partial charge in [-0.2, -0.15) is 0 Å². The van der Waals surface area contributed by atoms with E-state index in [1.54, 1.807) is 24.3 Å². The van der Waals surface area contributed by atoms with Crippen LogP contribution in [0.15, 0.2) is 35.9 Å². The van der Waals surface area contributed by atoms with Crippen molar-refractivity contribution in [3.05, 3.63) is 41.5 Å². The van der Waals surface area contributed by atoms with Gasteiger partial charge in [0.1, 0.15) is 12.4 Å². The Morgan fingerprint density at radius 1 is 1.24 bits per heavy atom. The predicted octanol–water partition coefficient (Wildman–Crippen LogP) is 2.30. The molecule has 0 aromatic heterocycles. The van der Waals surface area contributed by atoms with Crippen molar-refractivity contribution in [3.63, 3.8) is 0 Å². The lowest BCUT2D eigenvalue weighted by atomic mass is 10.1. The van der Waals surface area contributed by atoms with Gasteiger partial charge in [0, 0.05) is 11.1 Å². The Hall–Kier alpha value is -2.10. The summed E-state index contributed by atoms with van der Waals surface area (Å²) in [5.74, 6) is -0.358.